The molecule has 8 rings (SSSR count). The molecular weight excluding hydrogens is 458 g/mol. The molecule has 1 N–H and O–H groups in total. The van der Waals surface area contributed by atoms with E-state index in [0.29, 0.717) is 17.0 Å². The smallest absolute Gasteiger partial charge is 0.262 e. The summed E-state index contributed by atoms with van der Waals surface area (Å²) in [5, 5.41) is 1.86. The summed E-state index contributed by atoms with van der Waals surface area (Å²) >= 11 is 0. The van der Waals surface area contributed by atoms with Crippen LogP contribution in [0, 0.1) is 17.8 Å². The van der Waals surface area contributed by atoms with E-state index in [0.717, 1.165) is 34.1 Å². The zero-order valence-corrected chi connectivity index (χ0v) is 20.6. The maximum absolute atomic E-state index is 13.3. The number of anilines is 1. The number of ether oxygens (including phenoxy) is 1. The number of para-hydroxylation sites is 1. The molecule has 3 aromatic carbocycles. The Morgan fingerprint density at radius 1 is 0.857 bits per heavy atom. The van der Waals surface area contributed by atoms with Gasteiger partial charge in [0.25, 0.3) is 10.0 Å². The quantitative estimate of drug-likeness (QED) is 0.334. The molecule has 4 aliphatic carbocycles. The van der Waals surface area contributed by atoms with E-state index < -0.39 is 10.0 Å². The largest absolute Gasteiger partial charge is 0.495 e. The zero-order chi connectivity index (χ0) is 23.8. The van der Waals surface area contributed by atoms with Crippen LogP contribution in [-0.4, -0.2) is 15.5 Å². The van der Waals surface area contributed by atoms with Crippen molar-refractivity contribution in [3.63, 3.8) is 0 Å². The van der Waals surface area contributed by atoms with Gasteiger partial charge in [0.2, 0.25) is 0 Å². The fourth-order valence-electron chi connectivity index (χ4n) is 7.66. The van der Waals surface area contributed by atoms with Gasteiger partial charge < -0.3 is 9.15 Å². The topological polar surface area (TPSA) is 68.5 Å². The molecule has 0 amide bonds. The maximum Gasteiger partial charge on any atom is 0.262 e. The number of rotatable bonds is 5. The van der Waals surface area contributed by atoms with Crippen molar-refractivity contribution >= 4 is 37.6 Å². The summed E-state index contributed by atoms with van der Waals surface area (Å²) in [6.45, 7) is 0. The highest BCUT2D eigenvalue weighted by atomic mass is 32.2. The Morgan fingerprint density at radius 3 is 2.17 bits per heavy atom. The molecule has 1 heterocycles. The van der Waals surface area contributed by atoms with Gasteiger partial charge in [0.05, 0.1) is 17.7 Å². The van der Waals surface area contributed by atoms with E-state index >= 15 is 0 Å². The minimum absolute atomic E-state index is 0.250. The first kappa shape index (κ1) is 21.3. The van der Waals surface area contributed by atoms with Crippen molar-refractivity contribution in [3.05, 3.63) is 66.2 Å². The highest BCUT2D eigenvalue weighted by molar-refractivity contribution is 7.92. The third kappa shape index (κ3) is 3.37. The number of benzene rings is 3. The Balaban J connectivity index is 1.20. The van der Waals surface area contributed by atoms with Gasteiger partial charge in [-0.1, -0.05) is 30.3 Å². The molecule has 35 heavy (non-hydrogen) atoms. The van der Waals surface area contributed by atoms with Crippen molar-refractivity contribution in [2.75, 3.05) is 11.8 Å². The van der Waals surface area contributed by atoms with Gasteiger partial charge in [-0.25, -0.2) is 8.42 Å². The van der Waals surface area contributed by atoms with Crippen LogP contribution in [-0.2, 0) is 15.4 Å². The molecule has 0 atom stereocenters. The number of nitrogens with one attached hydrogen (secondary N) is 1. The van der Waals surface area contributed by atoms with Crippen LogP contribution >= 0.6 is 0 Å². The average molecular weight is 488 g/mol. The molecule has 1 aromatic heterocycles. The number of methoxy groups -OCH3 is 1. The van der Waals surface area contributed by atoms with E-state index in [1.54, 1.807) is 25.3 Å². The molecule has 0 radical (unpaired) electrons. The summed E-state index contributed by atoms with van der Waals surface area (Å²) in [4.78, 5) is 0.262. The van der Waals surface area contributed by atoms with E-state index in [1.807, 2.05) is 30.3 Å². The van der Waals surface area contributed by atoms with E-state index in [2.05, 4.69) is 16.9 Å². The van der Waals surface area contributed by atoms with Crippen molar-refractivity contribution in [1.82, 2.24) is 0 Å². The van der Waals surface area contributed by atoms with Gasteiger partial charge in [0.15, 0.2) is 0 Å². The van der Waals surface area contributed by atoms with Crippen molar-refractivity contribution < 1.29 is 17.6 Å². The molecule has 0 saturated heterocycles. The third-order valence-electron chi connectivity index (χ3n) is 8.76. The lowest BCUT2D eigenvalue weighted by atomic mass is 9.48. The predicted octanol–water partition coefficient (Wildman–Crippen LogP) is 6.86. The predicted molar refractivity (Wildman–Crippen MR) is 137 cm³/mol. The second-order valence-corrected chi connectivity index (χ2v) is 12.7. The fourth-order valence-corrected chi connectivity index (χ4v) is 8.72. The molecule has 4 aromatic rings. The summed E-state index contributed by atoms with van der Waals surface area (Å²) < 4.78 is 40.9. The molecule has 4 fully saturated rings. The van der Waals surface area contributed by atoms with E-state index in [9.17, 15) is 8.42 Å². The molecule has 0 spiro atoms. The van der Waals surface area contributed by atoms with Crippen LogP contribution in [0.25, 0.3) is 21.9 Å². The lowest BCUT2D eigenvalue weighted by molar-refractivity contribution is -0.00521. The third-order valence-corrected chi connectivity index (χ3v) is 10.1. The first-order valence-corrected chi connectivity index (χ1v) is 14.0. The fraction of sp³-hybridized carbons (Fsp3) is 0.379. The van der Waals surface area contributed by atoms with Gasteiger partial charge in [-0.3, -0.25) is 4.72 Å². The lowest BCUT2D eigenvalue weighted by Crippen LogP contribution is -2.48. The van der Waals surface area contributed by atoms with E-state index in [-0.39, 0.29) is 10.3 Å². The molecule has 180 valence electrons. The van der Waals surface area contributed by atoms with Gasteiger partial charge >= 0.3 is 0 Å². The van der Waals surface area contributed by atoms with Crippen molar-refractivity contribution in [3.8, 4) is 5.75 Å². The van der Waals surface area contributed by atoms with Gasteiger partial charge in [-0.05, 0) is 91.5 Å². The van der Waals surface area contributed by atoms with Crippen LogP contribution in [0.1, 0.15) is 44.1 Å². The van der Waals surface area contributed by atoms with E-state index in [1.165, 1.54) is 44.1 Å². The first-order valence-electron chi connectivity index (χ1n) is 12.6. The highest BCUT2D eigenvalue weighted by Crippen LogP contribution is 2.60. The van der Waals surface area contributed by atoms with Crippen LogP contribution in [0.2, 0.25) is 0 Å². The number of sulfonamides is 1. The maximum atomic E-state index is 13.3. The van der Waals surface area contributed by atoms with Gasteiger partial charge in [-0.2, -0.15) is 0 Å². The van der Waals surface area contributed by atoms with Gasteiger partial charge in [0, 0.05) is 16.8 Å². The van der Waals surface area contributed by atoms with Crippen LogP contribution in [0.4, 0.5) is 5.69 Å². The molecule has 4 aliphatic rings. The summed E-state index contributed by atoms with van der Waals surface area (Å²) in [6, 6.07) is 18.9. The molecule has 4 saturated carbocycles. The highest BCUT2D eigenvalue weighted by Gasteiger charge is 2.51. The van der Waals surface area contributed by atoms with Crippen LogP contribution < -0.4 is 9.46 Å². The number of hydrogen-bond acceptors (Lipinski definition) is 4. The summed E-state index contributed by atoms with van der Waals surface area (Å²) in [5.74, 6) is 3.02. The molecule has 5 nitrogen and oxygen atoms in total. The minimum Gasteiger partial charge on any atom is -0.495 e. The molecule has 0 unspecified atom stereocenters. The first-order chi connectivity index (χ1) is 16.9. The molecular formula is C29H29NO4S. The minimum atomic E-state index is -3.79. The summed E-state index contributed by atoms with van der Waals surface area (Å²) in [6.07, 6.45) is 7.97. The Bertz CT molecular complexity index is 1520. The average Bonchev–Trinajstić information content (AvgIpc) is 3.20. The molecule has 4 bridgehead atoms. The Labute approximate surface area is 205 Å². The van der Waals surface area contributed by atoms with Gasteiger partial charge in [0.1, 0.15) is 16.9 Å². The van der Waals surface area contributed by atoms with Crippen LogP contribution in [0.5, 0.6) is 5.75 Å². The monoisotopic (exact) mass is 487 g/mol. The van der Waals surface area contributed by atoms with Crippen molar-refractivity contribution in [2.45, 2.75) is 48.8 Å². The SMILES string of the molecule is COc1cc2c(cc1NS(=O)(=O)c1ccc(C34CC5CC(CC(C5)C3)C4)cc1)oc1ccccc12. The van der Waals surface area contributed by atoms with Gasteiger partial charge in [-0.15, -0.1) is 0 Å². The van der Waals surface area contributed by atoms with E-state index in [4.69, 9.17) is 9.15 Å². The number of furan rings is 1. The zero-order valence-electron chi connectivity index (χ0n) is 19.8. The standard InChI is InChI=1S/C29H29NO4S/c1-33-28-13-24-23-4-2-3-5-26(23)34-27(24)14-25(28)30-35(31,32)22-8-6-21(7-9-22)29-15-18-10-19(16-29)12-20(11-18)17-29/h2-9,13-14,18-20,30H,10-12,15-17H2,1H3. The second kappa shape index (κ2) is 7.50. The van der Waals surface area contributed by atoms with Crippen molar-refractivity contribution in [2.24, 2.45) is 17.8 Å². The Morgan fingerprint density at radius 2 is 1.51 bits per heavy atom. The normalized spacial score (nSPS) is 27.5. The Hall–Kier alpha value is -2.99. The second-order valence-electron chi connectivity index (χ2n) is 11.0. The van der Waals surface area contributed by atoms with Crippen LogP contribution in [0.15, 0.2) is 70.0 Å². The summed E-state index contributed by atoms with van der Waals surface area (Å²) in [7, 11) is -2.25. The molecule has 0 aliphatic heterocycles. The van der Waals surface area contributed by atoms with Crippen LogP contribution in [0.3, 0.4) is 0 Å². The number of hydrogen-bond donors (Lipinski definition) is 1. The van der Waals surface area contributed by atoms with Crippen molar-refractivity contribution in [1.29, 1.82) is 0 Å². The molecule has 6 heteroatoms. The Kier molecular flexibility index (Phi) is 4.57. The lowest BCUT2D eigenvalue weighted by Gasteiger charge is -2.57. The summed E-state index contributed by atoms with van der Waals surface area (Å²) in [5.41, 5.74) is 3.30. The number of fused-ring (bicyclic) bond motifs is 3.